The van der Waals surface area contributed by atoms with Crippen LogP contribution in [-0.4, -0.2) is 102 Å². The van der Waals surface area contributed by atoms with Crippen molar-refractivity contribution in [3.05, 3.63) is 106 Å². The number of fused-ring (bicyclic) bond motifs is 1. The van der Waals surface area contributed by atoms with Crippen LogP contribution >= 0.6 is 0 Å². The van der Waals surface area contributed by atoms with Gasteiger partial charge in [-0.15, -0.1) is 0 Å². The normalized spacial score (nSPS) is 12.6. The van der Waals surface area contributed by atoms with Crippen molar-refractivity contribution >= 4 is 33.9 Å². The number of anilines is 1. The summed E-state index contributed by atoms with van der Waals surface area (Å²) in [5.41, 5.74) is 4.74. The third-order valence-electron chi connectivity index (χ3n) is 7.59. The first-order valence-electron chi connectivity index (χ1n) is 14.7. The largest absolute Gasteiger partial charge is 0.478 e. The molecule has 1 aliphatic carbocycles. The van der Waals surface area contributed by atoms with Crippen LogP contribution in [0.1, 0.15) is 21.5 Å². The minimum atomic E-state index is -1.09. The summed E-state index contributed by atoms with van der Waals surface area (Å²) < 4.78 is 29.3. The van der Waals surface area contributed by atoms with E-state index >= 15 is 0 Å². The molecule has 0 saturated heterocycles. The van der Waals surface area contributed by atoms with Crippen LogP contribution in [0, 0.1) is 0 Å². The standard InChI is InChI=1S/C35H40N2O8/c1-41-19-15-36(16-20-42-2)28-10-5-25(6-11-28)33(26-7-12-29(13-8-26)37(17-21-43-3)18-22-44-4)31-24-45-32-23-27(35(39)40)9-14-30(32)34(31)38/h5-14,23-24H,15-22H2,1-4H3/p+1. The van der Waals surface area contributed by atoms with Crippen LogP contribution in [0.15, 0.2) is 87.8 Å². The van der Waals surface area contributed by atoms with Crippen molar-refractivity contribution in [3.63, 3.8) is 0 Å². The molecule has 10 heteroatoms. The average Bonchev–Trinajstić information content (AvgIpc) is 3.06. The molecule has 238 valence electrons. The van der Waals surface area contributed by atoms with Gasteiger partial charge in [0.1, 0.15) is 25.1 Å². The van der Waals surface area contributed by atoms with Gasteiger partial charge in [0.05, 0.1) is 29.7 Å². The summed E-state index contributed by atoms with van der Waals surface area (Å²) >= 11 is 0. The number of rotatable bonds is 16. The minimum Gasteiger partial charge on any atom is -0.478 e. The zero-order valence-electron chi connectivity index (χ0n) is 26.3. The highest BCUT2D eigenvalue weighted by atomic mass is 16.5. The number of benzene rings is 2. The number of hydrogen-bond donors (Lipinski definition) is 1. The molecule has 3 aromatic rings. The van der Waals surface area contributed by atoms with Crippen molar-refractivity contribution in [2.24, 2.45) is 0 Å². The van der Waals surface area contributed by atoms with Gasteiger partial charge in [0.25, 0.3) is 0 Å². The molecule has 0 atom stereocenters. The van der Waals surface area contributed by atoms with Crippen LogP contribution in [-0.2, 0) is 18.9 Å². The quantitative estimate of drug-likeness (QED) is 0.236. The second-order valence-corrected chi connectivity index (χ2v) is 10.4. The van der Waals surface area contributed by atoms with Crippen LogP contribution in [0.2, 0.25) is 0 Å². The van der Waals surface area contributed by atoms with Crippen molar-refractivity contribution in [2.75, 3.05) is 85.9 Å². The lowest BCUT2D eigenvalue weighted by Crippen LogP contribution is -2.30. The molecule has 0 radical (unpaired) electrons. The van der Waals surface area contributed by atoms with E-state index in [4.69, 9.17) is 23.4 Å². The Morgan fingerprint density at radius 2 is 1.38 bits per heavy atom. The predicted molar refractivity (Wildman–Crippen MR) is 175 cm³/mol. The van der Waals surface area contributed by atoms with E-state index in [9.17, 15) is 14.7 Å². The molecule has 1 aliphatic rings. The maximum atomic E-state index is 13.9. The van der Waals surface area contributed by atoms with Gasteiger partial charge >= 0.3 is 5.97 Å². The first kappa shape index (κ1) is 33.5. The van der Waals surface area contributed by atoms with Crippen LogP contribution < -0.4 is 10.3 Å². The van der Waals surface area contributed by atoms with Crippen molar-refractivity contribution in [1.82, 2.24) is 0 Å². The smallest absolute Gasteiger partial charge is 0.335 e. The molecule has 1 heterocycles. The first-order chi connectivity index (χ1) is 21.9. The number of aromatic carboxylic acids is 1. The number of methoxy groups -OCH3 is 4. The molecule has 0 saturated carbocycles. The second kappa shape index (κ2) is 16.6. The molecule has 10 nitrogen and oxygen atoms in total. The Morgan fingerprint density at radius 3 is 1.93 bits per heavy atom. The predicted octanol–water partition coefficient (Wildman–Crippen LogP) is 4.26. The Morgan fingerprint density at radius 1 is 0.800 bits per heavy atom. The van der Waals surface area contributed by atoms with E-state index in [2.05, 4.69) is 9.48 Å². The van der Waals surface area contributed by atoms with Crippen LogP contribution in [0.5, 0.6) is 0 Å². The molecule has 2 aromatic carbocycles. The van der Waals surface area contributed by atoms with Crippen LogP contribution in [0.25, 0.3) is 16.5 Å². The molecule has 0 unspecified atom stereocenters. The van der Waals surface area contributed by atoms with Gasteiger partial charge in [-0.25, -0.2) is 9.37 Å². The third-order valence-corrected chi connectivity index (χ3v) is 7.59. The summed E-state index contributed by atoms with van der Waals surface area (Å²) in [4.78, 5) is 27.6. The highest BCUT2D eigenvalue weighted by Gasteiger charge is 2.20. The van der Waals surface area contributed by atoms with Crippen molar-refractivity contribution in [1.29, 1.82) is 0 Å². The third kappa shape index (κ3) is 8.43. The Hall–Kier alpha value is -4.35. The fourth-order valence-electron chi connectivity index (χ4n) is 5.14. The molecule has 1 aromatic heterocycles. The molecule has 4 rings (SSSR count). The summed E-state index contributed by atoms with van der Waals surface area (Å²) in [6.07, 6.45) is 9.44. The Balaban J connectivity index is 1.83. The van der Waals surface area contributed by atoms with Gasteiger partial charge in [-0.05, 0) is 53.6 Å². The highest BCUT2D eigenvalue weighted by molar-refractivity contribution is 6.04. The van der Waals surface area contributed by atoms with E-state index in [1.165, 1.54) is 24.5 Å². The molecule has 0 amide bonds. The summed E-state index contributed by atoms with van der Waals surface area (Å²) in [6.45, 7) is 5.09. The first-order valence-corrected chi connectivity index (χ1v) is 14.7. The number of nitrogens with zero attached hydrogens (tertiary/aromatic N) is 2. The number of carboxylic acids is 1. The SMILES string of the molecule is COCCN(CCOC)c1ccc(C(=C2C=CC(=[N+](CCOC)CCOC)C=C2)c2coc3cc(C(=O)O)ccc3c2=O)cc1. The highest BCUT2D eigenvalue weighted by Crippen LogP contribution is 2.31. The number of hydrogen-bond acceptors (Lipinski definition) is 8. The molecule has 0 bridgehead atoms. The molecular weight excluding hydrogens is 576 g/mol. The molecule has 0 spiro atoms. The molecule has 0 fully saturated rings. The average molecular weight is 618 g/mol. The molecule has 1 N–H and O–H groups in total. The lowest BCUT2D eigenvalue weighted by atomic mass is 9.90. The van der Waals surface area contributed by atoms with Gasteiger partial charge in [-0.1, -0.05) is 12.1 Å². The van der Waals surface area contributed by atoms with Gasteiger partial charge in [0.15, 0.2) is 18.8 Å². The van der Waals surface area contributed by atoms with Crippen molar-refractivity contribution < 1.29 is 37.8 Å². The van der Waals surface area contributed by atoms with E-state index in [-0.39, 0.29) is 16.6 Å². The van der Waals surface area contributed by atoms with Gasteiger partial charge in [-0.3, -0.25) is 4.79 Å². The Labute approximate surface area is 263 Å². The van der Waals surface area contributed by atoms with E-state index in [0.29, 0.717) is 69.1 Å². The zero-order chi connectivity index (χ0) is 32.2. The van der Waals surface area contributed by atoms with E-state index in [1.807, 2.05) is 48.6 Å². The maximum Gasteiger partial charge on any atom is 0.335 e. The fourth-order valence-corrected chi connectivity index (χ4v) is 5.14. The second-order valence-electron chi connectivity index (χ2n) is 10.4. The van der Waals surface area contributed by atoms with Gasteiger partial charge in [0, 0.05) is 64.9 Å². The lowest BCUT2D eigenvalue weighted by Gasteiger charge is -2.24. The van der Waals surface area contributed by atoms with E-state index in [0.717, 1.165) is 22.5 Å². The van der Waals surface area contributed by atoms with Crippen molar-refractivity contribution in [2.45, 2.75) is 0 Å². The number of carboxylic acid groups (broad SMARTS) is 1. The number of carbonyl (C=O) groups is 1. The summed E-state index contributed by atoms with van der Waals surface area (Å²) in [7, 11) is 6.71. The number of ether oxygens (including phenoxy) is 4. The van der Waals surface area contributed by atoms with Gasteiger partial charge in [-0.2, -0.15) is 0 Å². The molecular formula is C35H41N2O8+. The molecule has 0 aliphatic heterocycles. The maximum absolute atomic E-state index is 13.9. The summed E-state index contributed by atoms with van der Waals surface area (Å²) in [6, 6.07) is 12.3. The lowest BCUT2D eigenvalue weighted by molar-refractivity contribution is -0.531. The van der Waals surface area contributed by atoms with Gasteiger partial charge in [0.2, 0.25) is 5.43 Å². The summed E-state index contributed by atoms with van der Waals surface area (Å²) in [5, 5.41) is 9.71. The minimum absolute atomic E-state index is 0.0479. The Bertz CT molecular complexity index is 1610. The Kier molecular flexibility index (Phi) is 12.4. The van der Waals surface area contributed by atoms with Crippen LogP contribution in [0.3, 0.4) is 0 Å². The fraction of sp³-hybridized carbons (Fsp3) is 0.343. The topological polar surface area (TPSA) is 111 Å². The number of allylic oxidation sites excluding steroid dienone is 5. The zero-order valence-corrected chi connectivity index (χ0v) is 26.3. The monoisotopic (exact) mass is 617 g/mol. The van der Waals surface area contributed by atoms with E-state index < -0.39 is 5.97 Å². The van der Waals surface area contributed by atoms with E-state index in [1.54, 1.807) is 28.4 Å². The summed E-state index contributed by atoms with van der Waals surface area (Å²) in [5.74, 6) is -1.09. The van der Waals surface area contributed by atoms with Crippen molar-refractivity contribution in [3.8, 4) is 0 Å². The van der Waals surface area contributed by atoms with Crippen LogP contribution in [0.4, 0.5) is 5.69 Å². The molecule has 45 heavy (non-hydrogen) atoms. The van der Waals surface area contributed by atoms with Gasteiger partial charge < -0.3 is 33.4 Å².